The molecule has 234 valence electrons. The molecule has 0 unspecified atom stereocenters. The molecule has 3 aromatic carbocycles. The van der Waals surface area contributed by atoms with Crippen molar-refractivity contribution in [3.8, 4) is 17.1 Å². The van der Waals surface area contributed by atoms with Gasteiger partial charge in [-0.25, -0.2) is 18.9 Å². The summed E-state index contributed by atoms with van der Waals surface area (Å²) >= 11 is 0.902. The third kappa shape index (κ3) is 7.48. The van der Waals surface area contributed by atoms with Crippen LogP contribution in [0.2, 0.25) is 0 Å². The lowest BCUT2D eigenvalue weighted by Gasteiger charge is -2.24. The Morgan fingerprint density at radius 2 is 1.82 bits per heavy atom. The molecule has 0 saturated carbocycles. The molecular weight excluding hydrogens is 631 g/mol. The van der Waals surface area contributed by atoms with E-state index < -0.39 is 17.4 Å². The highest BCUT2D eigenvalue weighted by atomic mass is 32.2. The Hall–Kier alpha value is -4.37. The highest BCUT2D eigenvalue weighted by Gasteiger charge is 2.33. The molecule has 4 aromatic rings. The summed E-state index contributed by atoms with van der Waals surface area (Å²) in [5.41, 5.74) is -1.32. The van der Waals surface area contributed by atoms with Crippen LogP contribution in [0.15, 0.2) is 76.9 Å². The van der Waals surface area contributed by atoms with Gasteiger partial charge in [0.2, 0.25) is 5.91 Å². The topological polar surface area (TPSA) is 95.7 Å². The molecule has 1 aromatic heterocycles. The van der Waals surface area contributed by atoms with Crippen LogP contribution in [-0.4, -0.2) is 57.2 Å². The zero-order valence-electron chi connectivity index (χ0n) is 24.5. The van der Waals surface area contributed by atoms with E-state index in [1.165, 1.54) is 52.3 Å². The number of amidine groups is 1. The molecule has 1 fully saturated rings. The molecule has 9 nitrogen and oxygen atoms in total. The summed E-state index contributed by atoms with van der Waals surface area (Å²) < 4.78 is 54.2. The highest BCUT2D eigenvalue weighted by molar-refractivity contribution is 8.15. The van der Waals surface area contributed by atoms with Crippen LogP contribution in [0.4, 0.5) is 39.4 Å². The van der Waals surface area contributed by atoms with Crippen LogP contribution in [-0.2, 0) is 4.79 Å². The zero-order chi connectivity index (χ0) is 32.5. The number of amides is 3. The van der Waals surface area contributed by atoms with Crippen molar-refractivity contribution in [2.45, 2.75) is 30.2 Å². The fraction of sp³-hybridized carbons (Fsp3) is 0.233. The molecule has 45 heavy (non-hydrogen) atoms. The first-order valence-electron chi connectivity index (χ1n) is 13.5. The molecule has 3 amide bonds. The summed E-state index contributed by atoms with van der Waals surface area (Å²) in [6.07, 6.45) is 1.36. The SMILES string of the molecule is CC(C)c1ccc(N(C)C)cc1N1C(=O)CS/C1=N\C(=O)Nc1ccc(-c2ncn(-c3ccc(SC(F)(F)F)cc3)n2)cc1F. The highest BCUT2D eigenvalue weighted by Crippen LogP contribution is 2.38. The van der Waals surface area contributed by atoms with Crippen LogP contribution in [0, 0.1) is 5.82 Å². The fourth-order valence-electron chi connectivity index (χ4n) is 4.48. The summed E-state index contributed by atoms with van der Waals surface area (Å²) in [5.74, 6) is -0.615. The maximum atomic E-state index is 15.1. The molecular formula is C30H27F4N7O2S2. The molecule has 0 spiro atoms. The standard InChI is InChI=1S/C30H27F4N7O2S2/c1-17(2)22-11-8-20(39(3)4)14-25(22)41-26(42)15-44-29(41)37-28(43)36-24-12-5-18(13-23(24)31)27-35-16-40(38-27)19-6-9-21(10-7-19)45-30(32,33)34/h5-14,16-17H,15H2,1-4H3,(H,36,43)/b37-29-. The number of nitrogens with one attached hydrogen (secondary N) is 1. The Balaban J connectivity index is 1.32. The summed E-state index contributed by atoms with van der Waals surface area (Å²) in [7, 11) is 3.78. The summed E-state index contributed by atoms with van der Waals surface area (Å²) in [4.78, 5) is 37.5. The molecule has 1 saturated heterocycles. The normalized spacial score (nSPS) is 14.5. The lowest BCUT2D eigenvalue weighted by molar-refractivity contribution is -0.115. The summed E-state index contributed by atoms with van der Waals surface area (Å²) in [5, 5.41) is 6.91. The van der Waals surface area contributed by atoms with Crippen LogP contribution in [0.25, 0.3) is 17.1 Å². The third-order valence-electron chi connectivity index (χ3n) is 6.65. The number of nitrogens with zero attached hydrogens (tertiary/aromatic N) is 6. The second-order valence-electron chi connectivity index (χ2n) is 10.4. The van der Waals surface area contributed by atoms with Crippen molar-refractivity contribution >= 4 is 57.7 Å². The molecule has 1 aliphatic heterocycles. The Bertz CT molecular complexity index is 1770. The van der Waals surface area contributed by atoms with Crippen molar-refractivity contribution in [1.29, 1.82) is 0 Å². The second-order valence-corrected chi connectivity index (χ2v) is 12.5. The third-order valence-corrected chi connectivity index (χ3v) is 8.31. The number of carbonyl (C=O) groups excluding carboxylic acids is 2. The first-order chi connectivity index (χ1) is 21.3. The quantitative estimate of drug-likeness (QED) is 0.162. The van der Waals surface area contributed by atoms with E-state index in [2.05, 4.69) is 20.4 Å². The van der Waals surface area contributed by atoms with Crippen LogP contribution in [0.1, 0.15) is 25.3 Å². The number of carbonyl (C=O) groups is 2. The maximum Gasteiger partial charge on any atom is 0.446 e. The zero-order valence-corrected chi connectivity index (χ0v) is 26.1. The van der Waals surface area contributed by atoms with Gasteiger partial charge in [0.25, 0.3) is 0 Å². The van der Waals surface area contributed by atoms with Crippen molar-refractivity contribution in [1.82, 2.24) is 14.8 Å². The van der Waals surface area contributed by atoms with Gasteiger partial charge in [0.15, 0.2) is 11.0 Å². The van der Waals surface area contributed by atoms with Gasteiger partial charge in [0.05, 0.1) is 22.8 Å². The Labute approximate surface area is 264 Å². The van der Waals surface area contributed by atoms with Gasteiger partial charge < -0.3 is 10.2 Å². The fourth-order valence-corrected chi connectivity index (χ4v) is 5.88. The average molecular weight is 658 g/mol. The van der Waals surface area contributed by atoms with Crippen molar-refractivity contribution in [2.24, 2.45) is 4.99 Å². The number of hydrogen-bond acceptors (Lipinski definition) is 7. The van der Waals surface area contributed by atoms with Crippen LogP contribution in [0.5, 0.6) is 0 Å². The Morgan fingerprint density at radius 3 is 2.47 bits per heavy atom. The number of anilines is 3. The van der Waals surface area contributed by atoms with Crippen LogP contribution >= 0.6 is 23.5 Å². The van der Waals surface area contributed by atoms with Gasteiger partial charge >= 0.3 is 11.5 Å². The van der Waals surface area contributed by atoms with Gasteiger partial charge in [-0.05, 0) is 77.8 Å². The minimum Gasteiger partial charge on any atom is -0.378 e. The van der Waals surface area contributed by atoms with E-state index in [9.17, 15) is 22.8 Å². The number of halogens is 4. The van der Waals surface area contributed by atoms with Gasteiger partial charge in [0.1, 0.15) is 12.1 Å². The van der Waals surface area contributed by atoms with E-state index in [0.717, 1.165) is 29.1 Å². The molecule has 0 bridgehead atoms. The molecule has 2 heterocycles. The molecule has 15 heteroatoms. The van der Waals surface area contributed by atoms with Crippen molar-refractivity contribution < 1.29 is 27.2 Å². The van der Waals surface area contributed by atoms with Gasteiger partial charge in [-0.2, -0.15) is 18.2 Å². The number of aliphatic imine (C=N–C) groups is 1. The van der Waals surface area contributed by atoms with Crippen LogP contribution < -0.4 is 15.1 Å². The van der Waals surface area contributed by atoms with Gasteiger partial charge in [0, 0.05) is 30.2 Å². The summed E-state index contributed by atoms with van der Waals surface area (Å²) in [6, 6.07) is 14.5. The number of urea groups is 1. The second kappa shape index (κ2) is 12.9. The largest absolute Gasteiger partial charge is 0.446 e. The Morgan fingerprint density at radius 1 is 1.09 bits per heavy atom. The van der Waals surface area contributed by atoms with E-state index in [0.29, 0.717) is 16.9 Å². The van der Waals surface area contributed by atoms with Crippen LogP contribution in [0.3, 0.4) is 0 Å². The first kappa shape index (κ1) is 32.0. The van der Waals surface area contributed by atoms with Gasteiger partial charge in [-0.1, -0.05) is 31.7 Å². The maximum absolute atomic E-state index is 15.1. The molecule has 5 rings (SSSR count). The van der Waals surface area contributed by atoms with Gasteiger partial charge in [-0.3, -0.25) is 9.69 Å². The summed E-state index contributed by atoms with van der Waals surface area (Å²) in [6.45, 7) is 4.02. The predicted octanol–water partition coefficient (Wildman–Crippen LogP) is 7.54. The lowest BCUT2D eigenvalue weighted by atomic mass is 9.99. The number of aromatic nitrogens is 3. The average Bonchev–Trinajstić information content (AvgIpc) is 3.60. The minimum absolute atomic E-state index is 0.0288. The molecule has 0 atom stereocenters. The van der Waals surface area contributed by atoms with E-state index in [1.54, 1.807) is 0 Å². The van der Waals surface area contributed by atoms with E-state index >= 15 is 4.39 Å². The van der Waals surface area contributed by atoms with Crippen molar-refractivity contribution in [3.63, 3.8) is 0 Å². The predicted molar refractivity (Wildman–Crippen MR) is 170 cm³/mol. The number of thioether (sulfide) groups is 2. The van der Waals surface area contributed by atoms with E-state index in [4.69, 9.17) is 0 Å². The first-order valence-corrected chi connectivity index (χ1v) is 15.3. The van der Waals surface area contributed by atoms with Crippen molar-refractivity contribution in [3.05, 3.63) is 78.4 Å². The molecule has 1 N–H and O–H groups in total. The number of hydrogen-bond donors (Lipinski definition) is 1. The van der Waals surface area contributed by atoms with E-state index in [-0.39, 0.29) is 50.9 Å². The van der Waals surface area contributed by atoms with Gasteiger partial charge in [-0.15, -0.1) is 5.10 Å². The monoisotopic (exact) mass is 657 g/mol. The number of benzene rings is 3. The van der Waals surface area contributed by atoms with Crippen molar-refractivity contribution in [2.75, 3.05) is 35.0 Å². The minimum atomic E-state index is -4.39. The lowest BCUT2D eigenvalue weighted by Crippen LogP contribution is -2.31. The molecule has 0 aliphatic carbocycles. The molecule has 0 radical (unpaired) electrons. The molecule has 1 aliphatic rings. The van der Waals surface area contributed by atoms with E-state index in [1.807, 2.05) is 51.0 Å². The number of rotatable bonds is 7. The Kier molecular flexibility index (Phi) is 9.20. The smallest absolute Gasteiger partial charge is 0.378 e. The number of alkyl halides is 3.